The van der Waals surface area contributed by atoms with Crippen molar-refractivity contribution >= 4 is 17.6 Å². The Hall–Kier alpha value is -2.08. The Morgan fingerprint density at radius 1 is 1.15 bits per heavy atom. The average molecular weight is 302 g/mol. The molecule has 0 aliphatic carbocycles. The van der Waals surface area contributed by atoms with E-state index in [0.717, 1.165) is 24.3 Å². The van der Waals surface area contributed by atoms with E-state index in [9.17, 15) is 18.0 Å². The average Bonchev–Trinajstić information content (AvgIpc) is 2.38. The van der Waals surface area contributed by atoms with Gasteiger partial charge in [0.1, 0.15) is 0 Å². The van der Waals surface area contributed by atoms with Gasteiger partial charge in [-0.05, 0) is 24.3 Å². The van der Waals surface area contributed by atoms with Crippen LogP contribution in [-0.4, -0.2) is 11.0 Å². The van der Waals surface area contributed by atoms with Crippen LogP contribution in [0.3, 0.4) is 0 Å². The molecule has 1 heterocycles. The van der Waals surface area contributed by atoms with Crippen LogP contribution in [0.2, 0.25) is 5.02 Å². The van der Waals surface area contributed by atoms with Crippen molar-refractivity contribution in [3.05, 3.63) is 58.9 Å². The fraction of sp³-hybridized carbons (Fsp3) is 0.0769. The van der Waals surface area contributed by atoms with Gasteiger partial charge in [0.15, 0.2) is 5.75 Å². The van der Waals surface area contributed by atoms with E-state index in [-0.39, 0.29) is 16.3 Å². The highest BCUT2D eigenvalue weighted by Gasteiger charge is 2.30. The van der Waals surface area contributed by atoms with Crippen molar-refractivity contribution in [3.63, 3.8) is 0 Å². The summed E-state index contributed by atoms with van der Waals surface area (Å²) in [6.07, 6.45) is -1.82. The molecule has 2 aromatic rings. The van der Waals surface area contributed by atoms with E-state index >= 15 is 0 Å². The first-order chi connectivity index (χ1) is 9.36. The fourth-order valence-electron chi connectivity index (χ4n) is 1.41. The lowest BCUT2D eigenvalue weighted by atomic mass is 10.1. The SMILES string of the molecule is O=C(Oc1cncc(Cl)c1)c1ccc(C(F)(F)F)cc1. The van der Waals surface area contributed by atoms with Crippen molar-refractivity contribution in [1.82, 2.24) is 4.98 Å². The summed E-state index contributed by atoms with van der Waals surface area (Å²) in [5, 5.41) is 0.280. The molecule has 0 atom stereocenters. The Kier molecular flexibility index (Phi) is 3.94. The first-order valence-electron chi connectivity index (χ1n) is 5.36. The Balaban J connectivity index is 2.14. The minimum absolute atomic E-state index is 0.00187. The van der Waals surface area contributed by atoms with E-state index in [1.807, 2.05) is 0 Å². The maximum Gasteiger partial charge on any atom is 0.416 e. The van der Waals surface area contributed by atoms with Gasteiger partial charge in [0.25, 0.3) is 0 Å². The van der Waals surface area contributed by atoms with Crippen molar-refractivity contribution < 1.29 is 22.7 Å². The number of hydrogen-bond donors (Lipinski definition) is 0. The molecule has 0 N–H and O–H groups in total. The summed E-state index contributed by atoms with van der Waals surface area (Å²) >= 11 is 5.67. The number of pyridine rings is 1. The van der Waals surface area contributed by atoms with Gasteiger partial charge in [-0.1, -0.05) is 11.6 Å². The zero-order chi connectivity index (χ0) is 14.8. The molecule has 104 valence electrons. The maximum atomic E-state index is 12.4. The third-order valence-electron chi connectivity index (χ3n) is 2.34. The van der Waals surface area contributed by atoms with Gasteiger partial charge < -0.3 is 4.74 Å². The monoisotopic (exact) mass is 301 g/mol. The van der Waals surface area contributed by atoms with Gasteiger partial charge in [0.05, 0.1) is 22.3 Å². The third-order valence-corrected chi connectivity index (χ3v) is 2.54. The maximum absolute atomic E-state index is 12.4. The van der Waals surface area contributed by atoms with Gasteiger partial charge in [0, 0.05) is 12.3 Å². The summed E-state index contributed by atoms with van der Waals surface area (Å²) in [4.78, 5) is 15.4. The topological polar surface area (TPSA) is 39.2 Å². The van der Waals surface area contributed by atoms with Crippen LogP contribution in [0.4, 0.5) is 13.2 Å². The molecule has 0 saturated carbocycles. The molecule has 2 rings (SSSR count). The number of ether oxygens (including phenoxy) is 1. The summed E-state index contributed by atoms with van der Waals surface area (Å²) in [6.45, 7) is 0. The molecular formula is C13H7ClF3NO2. The first kappa shape index (κ1) is 14.3. The van der Waals surface area contributed by atoms with Crippen LogP contribution in [0.5, 0.6) is 5.75 Å². The summed E-state index contributed by atoms with van der Waals surface area (Å²) < 4.78 is 42.1. The molecule has 0 amide bonds. The second kappa shape index (κ2) is 5.50. The van der Waals surface area contributed by atoms with Crippen molar-refractivity contribution in [3.8, 4) is 5.75 Å². The molecule has 0 fully saturated rings. The molecular weight excluding hydrogens is 295 g/mol. The van der Waals surface area contributed by atoms with E-state index in [0.29, 0.717) is 0 Å². The Bertz CT molecular complexity index is 626. The quantitative estimate of drug-likeness (QED) is 0.788. The molecule has 0 aliphatic heterocycles. The largest absolute Gasteiger partial charge is 0.421 e. The van der Waals surface area contributed by atoms with E-state index in [1.165, 1.54) is 18.5 Å². The van der Waals surface area contributed by atoms with Crippen LogP contribution in [-0.2, 0) is 6.18 Å². The molecule has 0 radical (unpaired) electrons. The number of aromatic nitrogens is 1. The standard InChI is InChI=1S/C13H7ClF3NO2/c14-10-5-11(7-18-6-10)20-12(19)8-1-3-9(4-2-8)13(15,16)17/h1-7H. The summed E-state index contributed by atoms with van der Waals surface area (Å²) in [5.74, 6) is -0.676. The smallest absolute Gasteiger partial charge is 0.416 e. The molecule has 3 nitrogen and oxygen atoms in total. The normalized spacial score (nSPS) is 11.2. The molecule has 1 aromatic heterocycles. The Morgan fingerprint density at radius 2 is 1.80 bits per heavy atom. The van der Waals surface area contributed by atoms with Crippen molar-refractivity contribution in [2.24, 2.45) is 0 Å². The van der Waals surface area contributed by atoms with Crippen LogP contribution < -0.4 is 4.74 Å². The van der Waals surface area contributed by atoms with Crippen molar-refractivity contribution in [2.75, 3.05) is 0 Å². The lowest BCUT2D eigenvalue weighted by Gasteiger charge is -2.07. The number of benzene rings is 1. The molecule has 1 aromatic carbocycles. The van der Waals surface area contributed by atoms with Crippen LogP contribution >= 0.6 is 11.6 Å². The van der Waals surface area contributed by atoms with Crippen LogP contribution in [0, 0.1) is 0 Å². The van der Waals surface area contributed by atoms with Crippen molar-refractivity contribution in [1.29, 1.82) is 0 Å². The number of hydrogen-bond acceptors (Lipinski definition) is 3. The first-order valence-corrected chi connectivity index (χ1v) is 5.74. The van der Waals surface area contributed by atoms with Crippen molar-refractivity contribution in [2.45, 2.75) is 6.18 Å². The van der Waals surface area contributed by atoms with E-state index < -0.39 is 17.7 Å². The van der Waals surface area contributed by atoms with E-state index in [1.54, 1.807) is 0 Å². The molecule has 0 spiro atoms. The molecule has 0 aliphatic rings. The van der Waals surface area contributed by atoms with Gasteiger partial charge in [-0.25, -0.2) is 4.79 Å². The highest BCUT2D eigenvalue weighted by molar-refractivity contribution is 6.30. The second-order valence-corrected chi connectivity index (χ2v) is 4.24. The van der Waals surface area contributed by atoms with Gasteiger partial charge in [0.2, 0.25) is 0 Å². The number of carbonyl (C=O) groups is 1. The van der Waals surface area contributed by atoms with Gasteiger partial charge in [-0.2, -0.15) is 13.2 Å². The molecule has 7 heteroatoms. The fourth-order valence-corrected chi connectivity index (χ4v) is 1.57. The molecule has 0 saturated heterocycles. The number of nitrogens with zero attached hydrogens (tertiary/aromatic N) is 1. The lowest BCUT2D eigenvalue weighted by Crippen LogP contribution is -2.10. The molecule has 0 unspecified atom stereocenters. The van der Waals surface area contributed by atoms with Gasteiger partial charge in [-0.3, -0.25) is 4.98 Å². The predicted molar refractivity (Wildman–Crippen MR) is 65.6 cm³/mol. The van der Waals surface area contributed by atoms with Gasteiger partial charge >= 0.3 is 12.1 Å². The minimum Gasteiger partial charge on any atom is -0.421 e. The highest BCUT2D eigenvalue weighted by Crippen LogP contribution is 2.29. The Morgan fingerprint density at radius 3 is 2.35 bits per heavy atom. The summed E-state index contributed by atoms with van der Waals surface area (Å²) in [7, 11) is 0. The predicted octanol–water partition coefficient (Wildman–Crippen LogP) is 3.97. The Labute approximate surface area is 117 Å². The van der Waals surface area contributed by atoms with Crippen LogP contribution in [0.15, 0.2) is 42.7 Å². The second-order valence-electron chi connectivity index (χ2n) is 3.80. The lowest BCUT2D eigenvalue weighted by molar-refractivity contribution is -0.137. The number of alkyl halides is 3. The van der Waals surface area contributed by atoms with Crippen LogP contribution in [0.25, 0.3) is 0 Å². The third kappa shape index (κ3) is 3.48. The van der Waals surface area contributed by atoms with E-state index in [4.69, 9.17) is 16.3 Å². The van der Waals surface area contributed by atoms with Crippen LogP contribution in [0.1, 0.15) is 15.9 Å². The van der Waals surface area contributed by atoms with E-state index in [2.05, 4.69) is 4.98 Å². The van der Waals surface area contributed by atoms with Gasteiger partial charge in [-0.15, -0.1) is 0 Å². The minimum atomic E-state index is -4.45. The summed E-state index contributed by atoms with van der Waals surface area (Å²) in [5.41, 5.74) is -0.837. The zero-order valence-corrected chi connectivity index (χ0v) is 10.6. The number of halogens is 4. The summed E-state index contributed by atoms with van der Waals surface area (Å²) in [6, 6.07) is 5.09. The zero-order valence-electron chi connectivity index (χ0n) is 9.82. The number of esters is 1. The number of rotatable bonds is 2. The number of carbonyl (C=O) groups excluding carboxylic acids is 1. The molecule has 0 bridgehead atoms. The molecule has 20 heavy (non-hydrogen) atoms. The highest BCUT2D eigenvalue weighted by atomic mass is 35.5.